The standard InChI is InChI=1S/C14H19ClN2O3/c1-10(11-6-3-4-7-12(11)15)16-14(20)17(2)9-5-8-13(18)19/h3-4,6-7,10H,5,8-9H2,1-2H3,(H,16,20)(H,18,19). The van der Waals surface area contributed by atoms with Crippen molar-refractivity contribution in [3.8, 4) is 0 Å². The molecule has 110 valence electrons. The summed E-state index contributed by atoms with van der Waals surface area (Å²) < 4.78 is 0. The fourth-order valence-corrected chi connectivity index (χ4v) is 2.07. The van der Waals surface area contributed by atoms with Gasteiger partial charge in [-0.2, -0.15) is 0 Å². The number of rotatable bonds is 6. The average molecular weight is 299 g/mol. The van der Waals surface area contributed by atoms with Crippen LogP contribution >= 0.6 is 11.6 Å². The molecule has 1 atom stereocenters. The van der Waals surface area contributed by atoms with Crippen molar-refractivity contribution < 1.29 is 14.7 Å². The lowest BCUT2D eigenvalue weighted by atomic mass is 10.1. The molecule has 20 heavy (non-hydrogen) atoms. The molecule has 0 aliphatic heterocycles. The van der Waals surface area contributed by atoms with Crippen LogP contribution in [0.2, 0.25) is 5.02 Å². The molecule has 0 saturated carbocycles. The van der Waals surface area contributed by atoms with Gasteiger partial charge in [0.1, 0.15) is 0 Å². The highest BCUT2D eigenvalue weighted by molar-refractivity contribution is 6.31. The Kier molecular flexibility index (Phi) is 6.31. The molecule has 0 aliphatic carbocycles. The van der Waals surface area contributed by atoms with Gasteiger partial charge in [-0.3, -0.25) is 4.79 Å². The van der Waals surface area contributed by atoms with Gasteiger partial charge < -0.3 is 15.3 Å². The third kappa shape index (κ3) is 5.09. The molecule has 6 heteroatoms. The number of halogens is 1. The first kappa shape index (κ1) is 16.3. The monoisotopic (exact) mass is 298 g/mol. The summed E-state index contributed by atoms with van der Waals surface area (Å²) in [5.41, 5.74) is 0.849. The Labute approximate surface area is 123 Å². The second kappa shape index (κ2) is 7.75. The van der Waals surface area contributed by atoms with Gasteiger partial charge in [0.15, 0.2) is 0 Å². The molecule has 5 nitrogen and oxygen atoms in total. The zero-order valence-electron chi connectivity index (χ0n) is 11.6. The maximum Gasteiger partial charge on any atom is 0.317 e. The lowest BCUT2D eigenvalue weighted by Crippen LogP contribution is -2.39. The minimum absolute atomic E-state index is 0.0533. The van der Waals surface area contributed by atoms with Crippen LogP contribution in [0.1, 0.15) is 31.4 Å². The van der Waals surface area contributed by atoms with Crippen molar-refractivity contribution in [3.05, 3.63) is 34.9 Å². The van der Waals surface area contributed by atoms with Crippen molar-refractivity contribution in [1.29, 1.82) is 0 Å². The van der Waals surface area contributed by atoms with Crippen LogP contribution < -0.4 is 5.32 Å². The third-order valence-electron chi connectivity index (χ3n) is 2.94. The van der Waals surface area contributed by atoms with Gasteiger partial charge in [0.2, 0.25) is 0 Å². The summed E-state index contributed by atoms with van der Waals surface area (Å²) >= 11 is 6.07. The molecule has 2 N–H and O–H groups in total. The summed E-state index contributed by atoms with van der Waals surface area (Å²) in [6.45, 7) is 2.25. The van der Waals surface area contributed by atoms with Crippen LogP contribution in [0.3, 0.4) is 0 Å². The van der Waals surface area contributed by atoms with Gasteiger partial charge in [0.25, 0.3) is 0 Å². The van der Waals surface area contributed by atoms with E-state index in [1.807, 2.05) is 25.1 Å². The number of urea groups is 1. The molecule has 1 unspecified atom stereocenters. The van der Waals surface area contributed by atoms with E-state index in [4.69, 9.17) is 16.7 Å². The van der Waals surface area contributed by atoms with Crippen LogP contribution in [0.15, 0.2) is 24.3 Å². The van der Waals surface area contributed by atoms with Crippen LogP contribution in [0.5, 0.6) is 0 Å². The number of nitrogens with one attached hydrogen (secondary N) is 1. The number of carboxylic acids is 1. The van der Waals surface area contributed by atoms with E-state index in [1.54, 1.807) is 13.1 Å². The van der Waals surface area contributed by atoms with Gasteiger partial charge >= 0.3 is 12.0 Å². The maximum atomic E-state index is 11.9. The average Bonchev–Trinajstić information content (AvgIpc) is 2.38. The molecule has 0 aliphatic rings. The van der Waals surface area contributed by atoms with Gasteiger partial charge in [-0.1, -0.05) is 29.8 Å². The fraction of sp³-hybridized carbons (Fsp3) is 0.429. The quantitative estimate of drug-likeness (QED) is 0.848. The number of amides is 2. The highest BCUT2D eigenvalue weighted by atomic mass is 35.5. The molecule has 0 fully saturated rings. The van der Waals surface area contributed by atoms with E-state index < -0.39 is 5.97 Å². The molecule has 0 saturated heterocycles. The molecular weight excluding hydrogens is 280 g/mol. The van der Waals surface area contributed by atoms with Gasteiger partial charge in [-0.05, 0) is 25.0 Å². The molecule has 1 aromatic carbocycles. The van der Waals surface area contributed by atoms with E-state index in [0.29, 0.717) is 18.0 Å². The number of nitrogens with zero attached hydrogens (tertiary/aromatic N) is 1. The first-order chi connectivity index (χ1) is 9.41. The summed E-state index contributed by atoms with van der Waals surface area (Å²) in [5, 5.41) is 12.0. The Hall–Kier alpha value is -1.75. The molecule has 2 amide bonds. The topological polar surface area (TPSA) is 69.6 Å². The Morgan fingerprint density at radius 2 is 2.05 bits per heavy atom. The van der Waals surface area contributed by atoms with Gasteiger partial charge in [-0.25, -0.2) is 4.79 Å². The maximum absolute atomic E-state index is 11.9. The zero-order chi connectivity index (χ0) is 15.1. The van der Waals surface area contributed by atoms with Crippen LogP contribution in [0, 0.1) is 0 Å². The van der Waals surface area contributed by atoms with Gasteiger partial charge in [0, 0.05) is 25.0 Å². The number of aliphatic carboxylic acids is 1. The number of hydrogen-bond donors (Lipinski definition) is 2. The van der Waals surface area contributed by atoms with E-state index in [-0.39, 0.29) is 18.5 Å². The molecule has 0 spiro atoms. The van der Waals surface area contributed by atoms with E-state index in [1.165, 1.54) is 4.90 Å². The molecule has 1 rings (SSSR count). The van der Waals surface area contributed by atoms with Crippen molar-refractivity contribution >= 4 is 23.6 Å². The summed E-state index contributed by atoms with van der Waals surface area (Å²) in [6.07, 6.45) is 0.484. The zero-order valence-corrected chi connectivity index (χ0v) is 12.4. The fourth-order valence-electron chi connectivity index (χ4n) is 1.77. The van der Waals surface area contributed by atoms with Crippen molar-refractivity contribution in [1.82, 2.24) is 10.2 Å². The van der Waals surface area contributed by atoms with E-state index in [9.17, 15) is 9.59 Å². The normalized spacial score (nSPS) is 11.8. The SMILES string of the molecule is CC(NC(=O)N(C)CCCC(=O)O)c1ccccc1Cl. The highest BCUT2D eigenvalue weighted by Gasteiger charge is 2.15. The minimum Gasteiger partial charge on any atom is -0.481 e. The smallest absolute Gasteiger partial charge is 0.317 e. The van der Waals surface area contributed by atoms with Crippen LogP contribution in [0.25, 0.3) is 0 Å². The number of carbonyl (C=O) groups is 2. The summed E-state index contributed by atoms with van der Waals surface area (Å²) in [7, 11) is 1.64. The Balaban J connectivity index is 2.49. The number of carboxylic acid groups (broad SMARTS) is 1. The Bertz CT molecular complexity index is 479. The Morgan fingerprint density at radius 1 is 1.40 bits per heavy atom. The van der Waals surface area contributed by atoms with Crippen LogP contribution in [0.4, 0.5) is 4.79 Å². The molecule has 0 radical (unpaired) electrons. The second-order valence-corrected chi connectivity index (χ2v) is 5.02. The first-order valence-corrected chi connectivity index (χ1v) is 6.77. The lowest BCUT2D eigenvalue weighted by molar-refractivity contribution is -0.137. The van der Waals surface area contributed by atoms with Gasteiger partial charge in [-0.15, -0.1) is 0 Å². The predicted octanol–water partition coefficient (Wildman–Crippen LogP) is 2.91. The highest BCUT2D eigenvalue weighted by Crippen LogP contribution is 2.22. The predicted molar refractivity (Wildman–Crippen MR) is 77.9 cm³/mol. The second-order valence-electron chi connectivity index (χ2n) is 4.61. The van der Waals surface area contributed by atoms with Crippen molar-refractivity contribution in [2.24, 2.45) is 0 Å². The van der Waals surface area contributed by atoms with Crippen molar-refractivity contribution in [2.75, 3.05) is 13.6 Å². The van der Waals surface area contributed by atoms with E-state index in [0.717, 1.165) is 5.56 Å². The Morgan fingerprint density at radius 3 is 2.65 bits per heavy atom. The van der Waals surface area contributed by atoms with Crippen LogP contribution in [-0.2, 0) is 4.79 Å². The number of benzene rings is 1. The largest absolute Gasteiger partial charge is 0.481 e. The molecular formula is C14H19ClN2O3. The minimum atomic E-state index is -0.858. The number of carbonyl (C=O) groups excluding carboxylic acids is 1. The summed E-state index contributed by atoms with van der Waals surface area (Å²) in [4.78, 5) is 23.8. The molecule has 0 heterocycles. The molecule has 0 aromatic heterocycles. The van der Waals surface area contributed by atoms with E-state index >= 15 is 0 Å². The third-order valence-corrected chi connectivity index (χ3v) is 3.29. The number of hydrogen-bond acceptors (Lipinski definition) is 2. The summed E-state index contributed by atoms with van der Waals surface area (Å²) in [6, 6.07) is 6.87. The lowest BCUT2D eigenvalue weighted by Gasteiger charge is -2.22. The molecule has 0 bridgehead atoms. The van der Waals surface area contributed by atoms with Crippen molar-refractivity contribution in [2.45, 2.75) is 25.8 Å². The van der Waals surface area contributed by atoms with Crippen LogP contribution in [-0.4, -0.2) is 35.6 Å². The molecule has 1 aromatic rings. The van der Waals surface area contributed by atoms with Gasteiger partial charge in [0.05, 0.1) is 6.04 Å². The van der Waals surface area contributed by atoms with Crippen molar-refractivity contribution in [3.63, 3.8) is 0 Å². The summed E-state index contributed by atoms with van der Waals surface area (Å²) in [5.74, 6) is -0.858. The van der Waals surface area contributed by atoms with E-state index in [2.05, 4.69) is 5.32 Å². The first-order valence-electron chi connectivity index (χ1n) is 6.39.